The molecule has 0 bridgehead atoms. The standard InChI is InChI=1S/C20H14BrCl2NO3/c1-11-17(20(26)27-2)15(10-12-4-3-5-16(22)18(12)23)19(25)24(11)14-8-6-13(21)7-9-14/h3-10H,1-2H3/b15-10-. The van der Waals surface area contributed by atoms with Crippen LogP contribution in [0.15, 0.2) is 63.8 Å². The first-order chi connectivity index (χ1) is 12.8. The van der Waals surface area contributed by atoms with Crippen LogP contribution >= 0.6 is 39.1 Å². The maximum Gasteiger partial charge on any atom is 0.340 e. The van der Waals surface area contributed by atoms with Gasteiger partial charge in [0.2, 0.25) is 0 Å². The number of amides is 1. The molecule has 0 aliphatic carbocycles. The van der Waals surface area contributed by atoms with Crippen LogP contribution in [-0.2, 0) is 14.3 Å². The predicted octanol–water partition coefficient (Wildman–Crippen LogP) is 5.63. The number of allylic oxidation sites excluding steroid dienone is 1. The molecule has 0 atom stereocenters. The van der Waals surface area contributed by atoms with E-state index in [2.05, 4.69) is 15.9 Å². The first-order valence-electron chi connectivity index (χ1n) is 7.90. The van der Waals surface area contributed by atoms with Gasteiger partial charge in [-0.05, 0) is 48.9 Å². The molecule has 0 unspecified atom stereocenters. The lowest BCUT2D eigenvalue weighted by Crippen LogP contribution is -2.24. The number of carbonyl (C=O) groups is 2. The normalized spacial score (nSPS) is 15.7. The van der Waals surface area contributed by atoms with Crippen LogP contribution in [0.5, 0.6) is 0 Å². The fourth-order valence-electron chi connectivity index (χ4n) is 2.87. The third-order valence-electron chi connectivity index (χ3n) is 4.16. The van der Waals surface area contributed by atoms with Gasteiger partial charge in [0.15, 0.2) is 0 Å². The van der Waals surface area contributed by atoms with Crippen molar-refractivity contribution in [2.75, 3.05) is 12.0 Å². The van der Waals surface area contributed by atoms with Crippen LogP contribution in [0.1, 0.15) is 12.5 Å². The summed E-state index contributed by atoms with van der Waals surface area (Å²) in [5.74, 6) is -0.934. The predicted molar refractivity (Wildman–Crippen MR) is 111 cm³/mol. The molecule has 1 heterocycles. The second kappa shape index (κ2) is 7.89. The zero-order valence-electron chi connectivity index (χ0n) is 14.4. The average Bonchev–Trinajstić information content (AvgIpc) is 2.89. The van der Waals surface area contributed by atoms with Gasteiger partial charge in [0.05, 0.1) is 28.3 Å². The number of hydrogen-bond acceptors (Lipinski definition) is 3. The van der Waals surface area contributed by atoms with Crippen molar-refractivity contribution in [1.82, 2.24) is 0 Å². The van der Waals surface area contributed by atoms with Gasteiger partial charge < -0.3 is 4.74 Å². The van der Waals surface area contributed by atoms with Crippen molar-refractivity contribution in [3.05, 3.63) is 79.4 Å². The molecule has 4 nitrogen and oxygen atoms in total. The van der Waals surface area contributed by atoms with E-state index in [-0.39, 0.29) is 17.1 Å². The molecule has 1 aliphatic heterocycles. The number of halogens is 3. The van der Waals surface area contributed by atoms with Gasteiger partial charge in [-0.1, -0.05) is 51.3 Å². The number of rotatable bonds is 3. The Bertz CT molecular complexity index is 997. The van der Waals surface area contributed by atoms with E-state index < -0.39 is 5.97 Å². The van der Waals surface area contributed by atoms with Crippen LogP contribution in [-0.4, -0.2) is 19.0 Å². The molecule has 0 radical (unpaired) electrons. The van der Waals surface area contributed by atoms with E-state index in [0.29, 0.717) is 27.0 Å². The van der Waals surface area contributed by atoms with Crippen molar-refractivity contribution < 1.29 is 14.3 Å². The Morgan fingerprint density at radius 1 is 1.15 bits per heavy atom. The second-order valence-corrected chi connectivity index (χ2v) is 7.47. The summed E-state index contributed by atoms with van der Waals surface area (Å²) in [5, 5.41) is 0.671. The summed E-state index contributed by atoms with van der Waals surface area (Å²) >= 11 is 15.7. The lowest BCUT2D eigenvalue weighted by Gasteiger charge is -2.18. The Morgan fingerprint density at radius 2 is 1.81 bits per heavy atom. The molecule has 7 heteroatoms. The number of esters is 1. The number of methoxy groups -OCH3 is 1. The third kappa shape index (κ3) is 3.68. The summed E-state index contributed by atoms with van der Waals surface area (Å²) in [6.45, 7) is 1.70. The van der Waals surface area contributed by atoms with E-state index in [4.69, 9.17) is 27.9 Å². The minimum atomic E-state index is -0.593. The Kier molecular flexibility index (Phi) is 5.75. The second-order valence-electron chi connectivity index (χ2n) is 5.77. The highest BCUT2D eigenvalue weighted by molar-refractivity contribution is 9.10. The zero-order chi connectivity index (χ0) is 19.7. The minimum Gasteiger partial charge on any atom is -0.465 e. The van der Waals surface area contributed by atoms with Gasteiger partial charge in [-0.15, -0.1) is 0 Å². The SMILES string of the molecule is COC(=O)C1=C(C)N(c2ccc(Br)cc2)C(=O)/C1=C\c1cccc(Cl)c1Cl. The van der Waals surface area contributed by atoms with Crippen molar-refractivity contribution in [2.24, 2.45) is 0 Å². The van der Waals surface area contributed by atoms with Crippen LogP contribution in [0.2, 0.25) is 10.0 Å². The van der Waals surface area contributed by atoms with E-state index in [1.807, 2.05) is 12.1 Å². The summed E-state index contributed by atoms with van der Waals surface area (Å²) in [7, 11) is 1.28. The van der Waals surface area contributed by atoms with Crippen LogP contribution < -0.4 is 4.90 Å². The summed E-state index contributed by atoms with van der Waals surface area (Å²) in [4.78, 5) is 27.0. The molecule has 0 N–H and O–H groups in total. The molecule has 0 saturated carbocycles. The van der Waals surface area contributed by atoms with Crippen molar-refractivity contribution in [2.45, 2.75) is 6.92 Å². The molecule has 2 aromatic carbocycles. The fourth-order valence-corrected chi connectivity index (χ4v) is 3.50. The largest absolute Gasteiger partial charge is 0.465 e. The lowest BCUT2D eigenvalue weighted by atomic mass is 10.0. The minimum absolute atomic E-state index is 0.196. The number of carbonyl (C=O) groups excluding carboxylic acids is 2. The van der Waals surface area contributed by atoms with Crippen LogP contribution in [0.4, 0.5) is 5.69 Å². The number of anilines is 1. The van der Waals surface area contributed by atoms with Crippen molar-refractivity contribution in [1.29, 1.82) is 0 Å². The maximum absolute atomic E-state index is 13.2. The van der Waals surface area contributed by atoms with E-state index in [0.717, 1.165) is 4.47 Å². The van der Waals surface area contributed by atoms with Gasteiger partial charge in [-0.25, -0.2) is 4.79 Å². The molecule has 0 spiro atoms. The Labute approximate surface area is 175 Å². The molecular formula is C20H14BrCl2NO3. The summed E-state index contributed by atoms with van der Waals surface area (Å²) in [6, 6.07) is 12.3. The molecule has 1 amide bonds. The molecule has 0 saturated heterocycles. The average molecular weight is 467 g/mol. The number of ether oxygens (including phenoxy) is 1. The van der Waals surface area contributed by atoms with Crippen LogP contribution in [0.3, 0.4) is 0 Å². The van der Waals surface area contributed by atoms with E-state index in [1.165, 1.54) is 12.0 Å². The Morgan fingerprint density at radius 3 is 2.44 bits per heavy atom. The van der Waals surface area contributed by atoms with Gasteiger partial charge in [0.25, 0.3) is 5.91 Å². The monoisotopic (exact) mass is 465 g/mol. The molecule has 0 aromatic heterocycles. The lowest BCUT2D eigenvalue weighted by molar-refractivity contribution is -0.136. The highest BCUT2D eigenvalue weighted by atomic mass is 79.9. The number of benzene rings is 2. The number of hydrogen-bond donors (Lipinski definition) is 0. The maximum atomic E-state index is 13.2. The first-order valence-corrected chi connectivity index (χ1v) is 9.45. The summed E-state index contributed by atoms with van der Waals surface area (Å²) < 4.78 is 5.78. The van der Waals surface area contributed by atoms with E-state index in [9.17, 15) is 9.59 Å². The Balaban J connectivity index is 2.17. The molecule has 1 aliphatic rings. The quantitative estimate of drug-likeness (QED) is 0.434. The topological polar surface area (TPSA) is 46.6 Å². The van der Waals surface area contributed by atoms with Gasteiger partial charge in [-0.2, -0.15) is 0 Å². The summed E-state index contributed by atoms with van der Waals surface area (Å²) in [6.07, 6.45) is 1.56. The molecular weight excluding hydrogens is 453 g/mol. The van der Waals surface area contributed by atoms with Crippen molar-refractivity contribution in [3.63, 3.8) is 0 Å². The van der Waals surface area contributed by atoms with Crippen LogP contribution in [0, 0.1) is 0 Å². The highest BCUT2D eigenvalue weighted by Gasteiger charge is 2.38. The molecule has 0 fully saturated rings. The van der Waals surface area contributed by atoms with Crippen molar-refractivity contribution >= 4 is 62.8 Å². The van der Waals surface area contributed by atoms with E-state index >= 15 is 0 Å². The number of nitrogens with zero attached hydrogens (tertiary/aromatic N) is 1. The molecule has 138 valence electrons. The van der Waals surface area contributed by atoms with Crippen LogP contribution in [0.25, 0.3) is 6.08 Å². The first kappa shape index (κ1) is 19.7. The van der Waals surface area contributed by atoms with Gasteiger partial charge in [0.1, 0.15) is 0 Å². The smallest absolute Gasteiger partial charge is 0.340 e. The van der Waals surface area contributed by atoms with E-state index in [1.54, 1.807) is 43.3 Å². The summed E-state index contributed by atoms with van der Waals surface area (Å²) in [5.41, 5.74) is 2.06. The third-order valence-corrected chi connectivity index (χ3v) is 5.52. The Hall–Kier alpha value is -2.08. The molecule has 3 rings (SSSR count). The van der Waals surface area contributed by atoms with Crippen molar-refractivity contribution in [3.8, 4) is 0 Å². The molecule has 27 heavy (non-hydrogen) atoms. The highest BCUT2D eigenvalue weighted by Crippen LogP contribution is 2.37. The van der Waals surface area contributed by atoms with Gasteiger partial charge in [-0.3, -0.25) is 9.69 Å². The fraction of sp³-hybridized carbons (Fsp3) is 0.100. The molecule has 2 aromatic rings. The van der Waals surface area contributed by atoms with Gasteiger partial charge >= 0.3 is 5.97 Å². The zero-order valence-corrected chi connectivity index (χ0v) is 17.5. The van der Waals surface area contributed by atoms with Gasteiger partial charge in [0, 0.05) is 15.9 Å².